The molecule has 0 bridgehead atoms. The first-order valence-electron chi connectivity index (χ1n) is 11.9. The van der Waals surface area contributed by atoms with Crippen LogP contribution in [0.2, 0.25) is 0 Å². The second kappa shape index (κ2) is 11.2. The Kier molecular flexibility index (Phi) is 7.98. The van der Waals surface area contributed by atoms with Crippen molar-refractivity contribution in [2.45, 2.75) is 44.8 Å². The summed E-state index contributed by atoms with van der Waals surface area (Å²) in [6, 6.07) is 5.69. The molecule has 1 aliphatic heterocycles. The van der Waals surface area contributed by atoms with E-state index < -0.39 is 41.7 Å². The average Bonchev–Trinajstić information content (AvgIpc) is 2.89. The summed E-state index contributed by atoms with van der Waals surface area (Å²) < 4.78 is 66.7. The fourth-order valence-corrected chi connectivity index (χ4v) is 4.36. The van der Waals surface area contributed by atoms with Gasteiger partial charge in [-0.15, -0.1) is 0 Å². The summed E-state index contributed by atoms with van der Waals surface area (Å²) >= 11 is 0. The molecule has 3 aromatic rings. The molecule has 38 heavy (non-hydrogen) atoms. The summed E-state index contributed by atoms with van der Waals surface area (Å²) in [5, 5.41) is 2.61. The predicted octanol–water partition coefficient (Wildman–Crippen LogP) is 4.36. The van der Waals surface area contributed by atoms with Crippen LogP contribution in [-0.2, 0) is 23.9 Å². The minimum Gasteiger partial charge on any atom is -0.348 e. The fourth-order valence-electron chi connectivity index (χ4n) is 4.36. The second-order valence-corrected chi connectivity index (χ2v) is 8.98. The van der Waals surface area contributed by atoms with Crippen molar-refractivity contribution in [3.05, 3.63) is 88.3 Å². The summed E-state index contributed by atoms with van der Waals surface area (Å²) in [4.78, 5) is 39.0. The Labute approximate surface area is 215 Å². The highest BCUT2D eigenvalue weighted by Gasteiger charge is 2.33. The number of nitrogens with one attached hydrogen (secondary N) is 1. The van der Waals surface area contributed by atoms with Crippen LogP contribution in [0.25, 0.3) is 0 Å². The number of alkyl halides is 3. The van der Waals surface area contributed by atoms with Crippen LogP contribution in [0.5, 0.6) is 0 Å². The highest BCUT2D eigenvalue weighted by Crippen LogP contribution is 2.30. The van der Waals surface area contributed by atoms with E-state index in [2.05, 4.69) is 20.3 Å². The van der Waals surface area contributed by atoms with Gasteiger partial charge < -0.3 is 10.2 Å². The average molecular weight is 534 g/mol. The first kappa shape index (κ1) is 27.1. The molecule has 0 spiro atoms. The number of carbonyl (C=O) groups is 2. The molecule has 1 saturated heterocycles. The number of nitrogens with zero attached hydrogens (tertiary/aromatic N) is 4. The lowest BCUT2D eigenvalue weighted by Gasteiger charge is -2.32. The third-order valence-electron chi connectivity index (χ3n) is 6.38. The van der Waals surface area contributed by atoms with Gasteiger partial charge in [0.2, 0.25) is 5.91 Å². The van der Waals surface area contributed by atoms with E-state index in [9.17, 15) is 31.5 Å². The molecule has 0 atom stereocenters. The van der Waals surface area contributed by atoms with Crippen LogP contribution in [-0.4, -0.2) is 44.8 Å². The normalized spacial score (nSPS) is 14.4. The number of piperidine rings is 1. The van der Waals surface area contributed by atoms with Crippen molar-refractivity contribution in [1.29, 1.82) is 0 Å². The van der Waals surface area contributed by atoms with Crippen molar-refractivity contribution in [2.75, 3.05) is 13.1 Å². The SMILES string of the molecule is Cc1ncc(C(=O)NCc2ccnc(C(F)(F)F)c2)c(C2CCN(C(=O)Cc3c(F)cccc3F)CC2)n1. The van der Waals surface area contributed by atoms with Crippen molar-refractivity contribution >= 4 is 11.8 Å². The minimum absolute atomic E-state index is 0.155. The van der Waals surface area contributed by atoms with Gasteiger partial charge in [0, 0.05) is 43.5 Å². The zero-order valence-electron chi connectivity index (χ0n) is 20.4. The van der Waals surface area contributed by atoms with Gasteiger partial charge in [-0.2, -0.15) is 13.2 Å². The van der Waals surface area contributed by atoms with E-state index in [0.717, 1.165) is 24.4 Å². The molecule has 0 aliphatic carbocycles. The van der Waals surface area contributed by atoms with E-state index in [-0.39, 0.29) is 29.2 Å². The molecular formula is C26H24F5N5O2. The van der Waals surface area contributed by atoms with Gasteiger partial charge in [-0.05, 0) is 49.6 Å². The van der Waals surface area contributed by atoms with E-state index in [1.165, 1.54) is 23.2 Å². The number of hydrogen-bond acceptors (Lipinski definition) is 5. The number of hydrogen-bond donors (Lipinski definition) is 1. The number of halogens is 5. The lowest BCUT2D eigenvalue weighted by Crippen LogP contribution is -2.39. The third-order valence-corrected chi connectivity index (χ3v) is 6.38. The quantitative estimate of drug-likeness (QED) is 0.476. The van der Waals surface area contributed by atoms with Crippen molar-refractivity contribution < 1.29 is 31.5 Å². The number of carbonyl (C=O) groups excluding carboxylic acids is 2. The molecular weight excluding hydrogens is 509 g/mol. The molecule has 2 amide bonds. The van der Waals surface area contributed by atoms with Gasteiger partial charge in [0.15, 0.2) is 0 Å². The Balaban J connectivity index is 1.41. The van der Waals surface area contributed by atoms with Gasteiger partial charge in [0.1, 0.15) is 23.2 Å². The van der Waals surface area contributed by atoms with E-state index in [1.54, 1.807) is 6.92 Å². The second-order valence-electron chi connectivity index (χ2n) is 8.98. The number of pyridine rings is 1. The molecule has 0 radical (unpaired) electrons. The smallest absolute Gasteiger partial charge is 0.348 e. The monoisotopic (exact) mass is 533 g/mol. The third kappa shape index (κ3) is 6.29. The molecule has 1 aliphatic rings. The van der Waals surface area contributed by atoms with E-state index in [1.807, 2.05) is 0 Å². The minimum atomic E-state index is -4.60. The fraction of sp³-hybridized carbons (Fsp3) is 0.346. The standard InChI is InChI=1S/C26H24F5N5O2/c1-15-33-14-19(25(38)34-13-16-5-8-32-22(11-16)26(29,30)31)24(35-15)17-6-9-36(10-7-17)23(37)12-18-20(27)3-2-4-21(18)28/h2-5,8,11,14,17H,6-7,9-10,12-13H2,1H3,(H,34,38). The number of likely N-dealkylation sites (tertiary alicyclic amines) is 1. The van der Waals surface area contributed by atoms with Gasteiger partial charge in [-0.25, -0.2) is 18.7 Å². The molecule has 12 heteroatoms. The maximum Gasteiger partial charge on any atom is 0.433 e. The van der Waals surface area contributed by atoms with Gasteiger partial charge >= 0.3 is 6.18 Å². The van der Waals surface area contributed by atoms with Crippen LogP contribution in [0, 0.1) is 18.6 Å². The highest BCUT2D eigenvalue weighted by atomic mass is 19.4. The van der Waals surface area contributed by atoms with E-state index >= 15 is 0 Å². The van der Waals surface area contributed by atoms with Crippen LogP contribution in [0.4, 0.5) is 22.0 Å². The number of benzene rings is 1. The van der Waals surface area contributed by atoms with Gasteiger partial charge in [-0.3, -0.25) is 14.6 Å². The maximum atomic E-state index is 13.9. The lowest BCUT2D eigenvalue weighted by atomic mass is 9.90. The Morgan fingerprint density at radius 2 is 1.76 bits per heavy atom. The number of amides is 2. The van der Waals surface area contributed by atoms with Crippen LogP contribution in [0.1, 0.15) is 57.5 Å². The summed E-state index contributed by atoms with van der Waals surface area (Å²) in [7, 11) is 0. The van der Waals surface area contributed by atoms with Crippen LogP contribution >= 0.6 is 0 Å². The molecule has 0 unspecified atom stereocenters. The molecule has 4 rings (SSSR count). The molecule has 1 fully saturated rings. The van der Waals surface area contributed by atoms with Crippen LogP contribution in [0.3, 0.4) is 0 Å². The molecule has 1 aromatic carbocycles. The van der Waals surface area contributed by atoms with E-state index in [4.69, 9.17) is 0 Å². The number of aryl methyl sites for hydroxylation is 1. The Hall–Kier alpha value is -3.96. The number of aromatic nitrogens is 3. The van der Waals surface area contributed by atoms with Gasteiger partial charge in [0.05, 0.1) is 17.7 Å². The first-order chi connectivity index (χ1) is 18.0. The largest absolute Gasteiger partial charge is 0.433 e. The Bertz CT molecular complexity index is 1320. The molecule has 7 nitrogen and oxygen atoms in total. The predicted molar refractivity (Wildman–Crippen MR) is 126 cm³/mol. The van der Waals surface area contributed by atoms with Crippen LogP contribution in [0.15, 0.2) is 42.7 Å². The molecule has 1 N–H and O–H groups in total. The van der Waals surface area contributed by atoms with Crippen molar-refractivity contribution in [3.8, 4) is 0 Å². The number of rotatable bonds is 6. The van der Waals surface area contributed by atoms with Crippen LogP contribution < -0.4 is 5.32 Å². The highest BCUT2D eigenvalue weighted by molar-refractivity contribution is 5.95. The summed E-state index contributed by atoms with van der Waals surface area (Å²) in [6.07, 6.45) is -1.67. The summed E-state index contributed by atoms with van der Waals surface area (Å²) in [5.74, 6) is -2.25. The Morgan fingerprint density at radius 1 is 1.08 bits per heavy atom. The topological polar surface area (TPSA) is 88.1 Å². The van der Waals surface area contributed by atoms with Crippen molar-refractivity contribution in [3.63, 3.8) is 0 Å². The Morgan fingerprint density at radius 3 is 2.42 bits per heavy atom. The van der Waals surface area contributed by atoms with Crippen molar-refractivity contribution in [2.24, 2.45) is 0 Å². The molecule has 2 aromatic heterocycles. The lowest BCUT2D eigenvalue weighted by molar-refractivity contribution is -0.141. The molecule has 200 valence electrons. The zero-order valence-corrected chi connectivity index (χ0v) is 20.4. The van der Waals surface area contributed by atoms with E-state index in [0.29, 0.717) is 37.4 Å². The molecule has 3 heterocycles. The molecule has 0 saturated carbocycles. The van der Waals surface area contributed by atoms with Gasteiger partial charge in [-0.1, -0.05) is 6.07 Å². The summed E-state index contributed by atoms with van der Waals surface area (Å²) in [6.45, 7) is 2.13. The first-order valence-corrected chi connectivity index (χ1v) is 11.9. The van der Waals surface area contributed by atoms with Gasteiger partial charge in [0.25, 0.3) is 5.91 Å². The van der Waals surface area contributed by atoms with Crippen molar-refractivity contribution in [1.82, 2.24) is 25.2 Å². The maximum absolute atomic E-state index is 13.9. The summed E-state index contributed by atoms with van der Waals surface area (Å²) in [5.41, 5.74) is -0.426. The zero-order chi connectivity index (χ0) is 27.4.